The summed E-state index contributed by atoms with van der Waals surface area (Å²) in [6.07, 6.45) is 7.42. The lowest BCUT2D eigenvalue weighted by Gasteiger charge is -2.17. The molecule has 138 valence electrons. The van der Waals surface area contributed by atoms with Gasteiger partial charge in [0.15, 0.2) is 0 Å². The quantitative estimate of drug-likeness (QED) is 0.681. The minimum absolute atomic E-state index is 0.0612. The van der Waals surface area contributed by atoms with Gasteiger partial charge >= 0.3 is 0 Å². The van der Waals surface area contributed by atoms with Crippen LogP contribution in [0.3, 0.4) is 0 Å². The number of likely N-dealkylation sites (tertiary alicyclic amines) is 1. The van der Waals surface area contributed by atoms with Gasteiger partial charge in [0.25, 0.3) is 11.8 Å². The van der Waals surface area contributed by atoms with Crippen LogP contribution in [0.25, 0.3) is 0 Å². The van der Waals surface area contributed by atoms with Crippen molar-refractivity contribution in [2.24, 2.45) is 0 Å². The molecule has 1 aromatic carbocycles. The number of methoxy groups -OCH3 is 1. The highest BCUT2D eigenvalue weighted by Gasteiger charge is 2.28. The van der Waals surface area contributed by atoms with Gasteiger partial charge < -0.3 is 14.4 Å². The maximum absolute atomic E-state index is 12.4. The van der Waals surface area contributed by atoms with Gasteiger partial charge in [-0.2, -0.15) is 0 Å². The Morgan fingerprint density at radius 2 is 1.92 bits per heavy atom. The number of amides is 1. The molecular formula is C20H25N3O3. The molecule has 0 spiro atoms. The summed E-state index contributed by atoms with van der Waals surface area (Å²) in [6.45, 7) is 1.32. The van der Waals surface area contributed by atoms with Crippen LogP contribution >= 0.6 is 0 Å². The zero-order valence-electron chi connectivity index (χ0n) is 15.1. The Bertz CT molecular complexity index is 708. The minimum atomic E-state index is -0.0612. The van der Waals surface area contributed by atoms with Gasteiger partial charge in [-0.15, -0.1) is 0 Å². The Kier molecular flexibility index (Phi) is 6.41. The Labute approximate surface area is 154 Å². The van der Waals surface area contributed by atoms with Crippen LogP contribution in [0.4, 0.5) is 0 Å². The van der Waals surface area contributed by atoms with E-state index in [1.165, 1.54) is 12.7 Å². The van der Waals surface area contributed by atoms with Crippen molar-refractivity contribution in [2.45, 2.75) is 38.2 Å². The standard InChI is InChI=1S/C20H25N3O3/c1-25-19-20(22-13-12-21-19)26-17-11-14-23(15-17)18(24)10-6-5-9-16-7-3-2-4-8-16/h2-4,7-8,12-13,17H,5-6,9-11,14-15H2,1H3. The molecule has 0 N–H and O–H groups in total. The van der Waals surface area contributed by atoms with Gasteiger partial charge in [-0.1, -0.05) is 30.3 Å². The van der Waals surface area contributed by atoms with Crippen LogP contribution in [0.2, 0.25) is 0 Å². The fourth-order valence-electron chi connectivity index (χ4n) is 3.15. The van der Waals surface area contributed by atoms with Crippen molar-refractivity contribution in [1.29, 1.82) is 0 Å². The van der Waals surface area contributed by atoms with Crippen molar-refractivity contribution in [1.82, 2.24) is 14.9 Å². The number of hydrogen-bond acceptors (Lipinski definition) is 5. The van der Waals surface area contributed by atoms with Crippen molar-refractivity contribution in [2.75, 3.05) is 20.2 Å². The van der Waals surface area contributed by atoms with Crippen molar-refractivity contribution in [3.63, 3.8) is 0 Å². The van der Waals surface area contributed by atoms with Crippen LogP contribution in [0, 0.1) is 0 Å². The molecule has 0 aliphatic carbocycles. The third-order valence-electron chi connectivity index (χ3n) is 4.55. The monoisotopic (exact) mass is 355 g/mol. The Hall–Kier alpha value is -2.63. The average Bonchev–Trinajstić information content (AvgIpc) is 3.15. The summed E-state index contributed by atoms with van der Waals surface area (Å²) in [7, 11) is 1.54. The van der Waals surface area contributed by atoms with Gasteiger partial charge in [0.2, 0.25) is 5.91 Å². The molecule has 1 aromatic heterocycles. The smallest absolute Gasteiger partial charge is 0.278 e. The molecule has 0 bridgehead atoms. The van der Waals surface area contributed by atoms with Gasteiger partial charge in [-0.3, -0.25) is 4.79 Å². The normalized spacial score (nSPS) is 16.5. The molecule has 6 nitrogen and oxygen atoms in total. The first-order valence-electron chi connectivity index (χ1n) is 9.09. The number of ether oxygens (including phenoxy) is 2. The number of rotatable bonds is 8. The topological polar surface area (TPSA) is 64.6 Å². The van der Waals surface area contributed by atoms with Crippen LogP contribution in [0.15, 0.2) is 42.7 Å². The van der Waals surface area contributed by atoms with Crippen LogP contribution in [0.1, 0.15) is 31.2 Å². The second-order valence-corrected chi connectivity index (χ2v) is 6.43. The van der Waals surface area contributed by atoms with Crippen molar-refractivity contribution in [3.8, 4) is 11.8 Å². The van der Waals surface area contributed by atoms with E-state index in [0.717, 1.165) is 32.2 Å². The average molecular weight is 355 g/mol. The number of benzene rings is 1. The molecule has 1 aliphatic heterocycles. The van der Waals surface area contributed by atoms with Crippen LogP contribution in [-0.2, 0) is 11.2 Å². The second kappa shape index (κ2) is 9.17. The highest BCUT2D eigenvalue weighted by molar-refractivity contribution is 5.76. The Morgan fingerprint density at radius 1 is 1.15 bits per heavy atom. The molecule has 1 atom stereocenters. The Morgan fingerprint density at radius 3 is 2.69 bits per heavy atom. The molecule has 1 aliphatic rings. The zero-order valence-corrected chi connectivity index (χ0v) is 15.1. The summed E-state index contributed by atoms with van der Waals surface area (Å²) < 4.78 is 11.0. The van der Waals surface area contributed by atoms with E-state index < -0.39 is 0 Å². The fourth-order valence-corrected chi connectivity index (χ4v) is 3.15. The summed E-state index contributed by atoms with van der Waals surface area (Å²) in [5.74, 6) is 0.964. The summed E-state index contributed by atoms with van der Waals surface area (Å²) in [4.78, 5) is 22.5. The zero-order chi connectivity index (χ0) is 18.2. The number of aromatic nitrogens is 2. The van der Waals surface area contributed by atoms with Crippen LogP contribution in [0.5, 0.6) is 11.8 Å². The van der Waals surface area contributed by atoms with E-state index in [1.807, 2.05) is 11.0 Å². The summed E-state index contributed by atoms with van der Waals surface area (Å²) in [5.41, 5.74) is 1.33. The van der Waals surface area contributed by atoms with E-state index in [0.29, 0.717) is 24.7 Å². The molecular weight excluding hydrogens is 330 g/mol. The number of unbranched alkanes of at least 4 members (excludes halogenated alkanes) is 1. The molecule has 2 aromatic rings. The van der Waals surface area contributed by atoms with Gasteiger partial charge in [-0.05, 0) is 24.8 Å². The van der Waals surface area contributed by atoms with Crippen molar-refractivity contribution >= 4 is 5.91 Å². The van der Waals surface area contributed by atoms with Crippen molar-refractivity contribution < 1.29 is 14.3 Å². The maximum atomic E-state index is 12.4. The molecule has 0 saturated carbocycles. The largest absolute Gasteiger partial charge is 0.477 e. The first-order chi connectivity index (χ1) is 12.8. The van der Waals surface area contributed by atoms with Gasteiger partial charge in [0.1, 0.15) is 6.10 Å². The SMILES string of the molecule is COc1nccnc1OC1CCN(C(=O)CCCCc2ccccc2)C1. The van der Waals surface area contributed by atoms with E-state index in [9.17, 15) is 4.79 Å². The van der Waals surface area contributed by atoms with E-state index in [1.54, 1.807) is 12.4 Å². The summed E-state index contributed by atoms with van der Waals surface area (Å²) >= 11 is 0. The van der Waals surface area contributed by atoms with Crippen LogP contribution in [-0.4, -0.2) is 47.1 Å². The molecule has 2 heterocycles. The minimum Gasteiger partial charge on any atom is -0.477 e. The van der Waals surface area contributed by atoms with E-state index >= 15 is 0 Å². The number of hydrogen-bond donors (Lipinski definition) is 0. The van der Waals surface area contributed by atoms with Gasteiger partial charge in [0, 0.05) is 31.8 Å². The lowest BCUT2D eigenvalue weighted by molar-refractivity contribution is -0.130. The number of aryl methyl sites for hydroxylation is 1. The van der Waals surface area contributed by atoms with E-state index in [-0.39, 0.29) is 12.0 Å². The highest BCUT2D eigenvalue weighted by atomic mass is 16.5. The van der Waals surface area contributed by atoms with Gasteiger partial charge in [0.05, 0.1) is 13.7 Å². The maximum Gasteiger partial charge on any atom is 0.278 e. The number of nitrogens with zero attached hydrogens (tertiary/aromatic N) is 3. The van der Waals surface area contributed by atoms with E-state index in [2.05, 4.69) is 34.2 Å². The summed E-state index contributed by atoms with van der Waals surface area (Å²) in [5, 5.41) is 0. The van der Waals surface area contributed by atoms with Crippen LogP contribution < -0.4 is 9.47 Å². The number of carbonyl (C=O) groups excluding carboxylic acids is 1. The molecule has 1 unspecified atom stereocenters. The lowest BCUT2D eigenvalue weighted by atomic mass is 10.1. The third kappa shape index (κ3) is 4.94. The molecule has 3 rings (SSSR count). The molecule has 6 heteroatoms. The molecule has 1 saturated heterocycles. The lowest BCUT2D eigenvalue weighted by Crippen LogP contribution is -2.30. The van der Waals surface area contributed by atoms with Crippen molar-refractivity contribution in [3.05, 3.63) is 48.3 Å². The molecule has 1 amide bonds. The highest BCUT2D eigenvalue weighted by Crippen LogP contribution is 2.24. The predicted octanol–water partition coefficient (Wildman–Crippen LogP) is 2.88. The second-order valence-electron chi connectivity index (χ2n) is 6.43. The predicted molar refractivity (Wildman–Crippen MR) is 98.2 cm³/mol. The molecule has 0 radical (unpaired) electrons. The van der Waals surface area contributed by atoms with E-state index in [4.69, 9.17) is 9.47 Å². The summed E-state index contributed by atoms with van der Waals surface area (Å²) in [6, 6.07) is 10.4. The Balaban J connectivity index is 1.40. The molecule has 1 fully saturated rings. The number of carbonyl (C=O) groups is 1. The molecule has 26 heavy (non-hydrogen) atoms. The first kappa shape index (κ1) is 18.2. The third-order valence-corrected chi connectivity index (χ3v) is 4.55. The fraction of sp³-hybridized carbons (Fsp3) is 0.450. The van der Waals surface area contributed by atoms with Gasteiger partial charge in [-0.25, -0.2) is 9.97 Å². The first-order valence-corrected chi connectivity index (χ1v) is 9.09.